The highest BCUT2D eigenvalue weighted by molar-refractivity contribution is 6.42. The summed E-state index contributed by atoms with van der Waals surface area (Å²) in [5.41, 5.74) is 0.460. The minimum atomic E-state index is 0.110. The normalized spacial score (nSPS) is 29.8. The van der Waals surface area contributed by atoms with Gasteiger partial charge >= 0.3 is 0 Å². The van der Waals surface area contributed by atoms with E-state index in [9.17, 15) is 4.79 Å². The van der Waals surface area contributed by atoms with Crippen LogP contribution in [0.15, 0.2) is 12.1 Å². The monoisotopic (exact) mass is 302 g/mol. The van der Waals surface area contributed by atoms with Crippen molar-refractivity contribution in [2.45, 2.75) is 25.7 Å². The molecule has 2 unspecified atom stereocenters. The molecule has 2 fully saturated rings. The second-order valence-electron chi connectivity index (χ2n) is 5.25. The first kappa shape index (κ1) is 12.8. The Bertz CT molecular complexity index is 477. The number of benzene rings is 1. The first-order valence-electron chi connectivity index (χ1n) is 6.28. The Morgan fingerprint density at radius 2 is 1.50 bits per heavy atom. The number of hydrogen-bond acceptors (Lipinski definition) is 1. The molecule has 0 N–H and O–H groups in total. The largest absolute Gasteiger partial charge is 0.294 e. The number of halogens is 3. The van der Waals surface area contributed by atoms with Crippen molar-refractivity contribution in [2.24, 2.45) is 17.8 Å². The van der Waals surface area contributed by atoms with Crippen molar-refractivity contribution in [1.29, 1.82) is 0 Å². The fourth-order valence-electron chi connectivity index (χ4n) is 3.33. The molecule has 0 spiro atoms. The number of carbonyl (C=O) groups is 1. The maximum Gasteiger partial charge on any atom is 0.169 e. The Morgan fingerprint density at radius 3 is 2.00 bits per heavy atom. The summed E-state index contributed by atoms with van der Waals surface area (Å²) < 4.78 is 0. The third-order valence-corrected chi connectivity index (χ3v) is 5.03. The van der Waals surface area contributed by atoms with Crippen LogP contribution in [0, 0.1) is 17.8 Å². The van der Waals surface area contributed by atoms with Crippen LogP contribution in [0.25, 0.3) is 0 Å². The van der Waals surface area contributed by atoms with Gasteiger partial charge in [-0.15, -0.1) is 0 Å². The van der Waals surface area contributed by atoms with E-state index in [1.54, 1.807) is 12.1 Å². The van der Waals surface area contributed by atoms with E-state index in [1.165, 1.54) is 25.7 Å². The molecule has 2 atom stereocenters. The average molecular weight is 304 g/mol. The molecule has 0 amide bonds. The molecule has 1 aromatic carbocycles. The molecule has 0 bridgehead atoms. The number of rotatable bonds is 2. The minimum absolute atomic E-state index is 0.110. The molecule has 0 heterocycles. The zero-order valence-corrected chi connectivity index (χ0v) is 12.0. The smallest absolute Gasteiger partial charge is 0.169 e. The second-order valence-corrected chi connectivity index (χ2v) is 6.50. The van der Waals surface area contributed by atoms with Gasteiger partial charge in [0.05, 0.1) is 15.6 Å². The molecule has 0 saturated heterocycles. The summed E-state index contributed by atoms with van der Waals surface area (Å²) in [7, 11) is 0. The quantitative estimate of drug-likeness (QED) is 0.681. The molecule has 0 aromatic heterocycles. The Balaban J connectivity index is 1.90. The van der Waals surface area contributed by atoms with Crippen LogP contribution >= 0.6 is 34.8 Å². The van der Waals surface area contributed by atoms with E-state index >= 15 is 0 Å². The lowest BCUT2D eigenvalue weighted by atomic mass is 10.0. The van der Waals surface area contributed by atoms with Crippen LogP contribution in [0.2, 0.25) is 15.1 Å². The van der Waals surface area contributed by atoms with Crippen LogP contribution in [0.4, 0.5) is 0 Å². The summed E-state index contributed by atoms with van der Waals surface area (Å²) in [5, 5.41) is 1.22. The van der Waals surface area contributed by atoms with Crippen molar-refractivity contribution in [3.8, 4) is 0 Å². The molecule has 18 heavy (non-hydrogen) atoms. The molecule has 1 aromatic rings. The Hall–Kier alpha value is -0.240. The van der Waals surface area contributed by atoms with Crippen LogP contribution in [0.1, 0.15) is 36.0 Å². The lowest BCUT2D eigenvalue weighted by Crippen LogP contribution is -2.06. The third-order valence-electron chi connectivity index (χ3n) is 4.21. The van der Waals surface area contributed by atoms with Crippen molar-refractivity contribution >= 4 is 40.6 Å². The molecule has 2 saturated carbocycles. The highest BCUT2D eigenvalue weighted by Crippen LogP contribution is 2.57. The Kier molecular flexibility index (Phi) is 3.34. The van der Waals surface area contributed by atoms with Gasteiger partial charge in [0.1, 0.15) is 0 Å². The molecule has 2 aliphatic rings. The maximum atomic E-state index is 12.5. The van der Waals surface area contributed by atoms with E-state index in [2.05, 4.69) is 0 Å². The minimum Gasteiger partial charge on any atom is -0.294 e. The summed E-state index contributed by atoms with van der Waals surface area (Å²) in [6.07, 6.45) is 4.83. The van der Waals surface area contributed by atoms with Crippen molar-refractivity contribution in [2.75, 3.05) is 0 Å². The Morgan fingerprint density at radius 1 is 1.00 bits per heavy atom. The van der Waals surface area contributed by atoms with Crippen molar-refractivity contribution in [3.63, 3.8) is 0 Å². The second kappa shape index (κ2) is 4.70. The highest BCUT2D eigenvalue weighted by atomic mass is 35.5. The van der Waals surface area contributed by atoms with Gasteiger partial charge in [0.15, 0.2) is 5.78 Å². The standard InChI is InChI=1S/C14H13Cl3O/c15-7-5-10(16)13(11(17)6-7)14(18)12-8-3-1-2-4-9(8)12/h5-6,8-9,12H,1-4H2. The van der Waals surface area contributed by atoms with Crippen LogP contribution in [0.3, 0.4) is 0 Å². The molecular formula is C14H13Cl3O. The predicted octanol–water partition coefficient (Wildman–Crippen LogP) is 5.27. The van der Waals surface area contributed by atoms with Crippen molar-refractivity contribution in [3.05, 3.63) is 32.8 Å². The van der Waals surface area contributed by atoms with Gasteiger partial charge in [-0.1, -0.05) is 47.6 Å². The SMILES string of the molecule is O=C(c1c(Cl)cc(Cl)cc1Cl)C1C2CCCCC21. The van der Waals surface area contributed by atoms with E-state index in [0.717, 1.165) is 0 Å². The lowest BCUT2D eigenvalue weighted by Gasteiger charge is -2.06. The first-order chi connectivity index (χ1) is 8.59. The highest BCUT2D eigenvalue weighted by Gasteiger charge is 2.55. The summed E-state index contributed by atoms with van der Waals surface area (Å²) >= 11 is 18.1. The van der Waals surface area contributed by atoms with E-state index in [0.29, 0.717) is 32.5 Å². The van der Waals surface area contributed by atoms with Gasteiger partial charge < -0.3 is 0 Å². The maximum absolute atomic E-state index is 12.5. The van der Waals surface area contributed by atoms with Crippen LogP contribution in [0.5, 0.6) is 0 Å². The average Bonchev–Trinajstić information content (AvgIpc) is 3.01. The Labute approximate surface area is 121 Å². The number of ketones is 1. The molecule has 3 rings (SSSR count). The van der Waals surface area contributed by atoms with E-state index in [1.807, 2.05) is 0 Å². The zero-order chi connectivity index (χ0) is 12.9. The van der Waals surface area contributed by atoms with E-state index in [4.69, 9.17) is 34.8 Å². The van der Waals surface area contributed by atoms with Gasteiger partial charge in [0.2, 0.25) is 0 Å². The molecule has 96 valence electrons. The number of hydrogen-bond donors (Lipinski definition) is 0. The van der Waals surface area contributed by atoms with Gasteiger partial charge in [-0.3, -0.25) is 4.79 Å². The molecule has 2 aliphatic carbocycles. The summed E-state index contributed by atoms with van der Waals surface area (Å²) in [4.78, 5) is 12.5. The van der Waals surface area contributed by atoms with E-state index in [-0.39, 0.29) is 11.7 Å². The topological polar surface area (TPSA) is 17.1 Å². The van der Waals surface area contributed by atoms with Crippen molar-refractivity contribution < 1.29 is 4.79 Å². The first-order valence-corrected chi connectivity index (χ1v) is 7.41. The number of fused-ring (bicyclic) bond motifs is 1. The number of carbonyl (C=O) groups excluding carboxylic acids is 1. The summed E-state index contributed by atoms with van der Waals surface area (Å²) in [6.45, 7) is 0. The summed E-state index contributed by atoms with van der Waals surface area (Å²) in [6, 6.07) is 3.18. The van der Waals surface area contributed by atoms with Crippen LogP contribution < -0.4 is 0 Å². The fraction of sp³-hybridized carbons (Fsp3) is 0.500. The molecule has 4 heteroatoms. The lowest BCUT2D eigenvalue weighted by molar-refractivity contribution is 0.0956. The fourth-order valence-corrected chi connectivity index (χ4v) is 4.33. The zero-order valence-electron chi connectivity index (χ0n) is 9.76. The third kappa shape index (κ3) is 2.07. The van der Waals surface area contributed by atoms with E-state index < -0.39 is 0 Å². The van der Waals surface area contributed by atoms with Gasteiger partial charge in [-0.25, -0.2) is 0 Å². The molecule has 1 nitrogen and oxygen atoms in total. The van der Waals surface area contributed by atoms with Gasteiger partial charge in [-0.05, 0) is 36.8 Å². The number of Topliss-reactive ketones (excluding diaryl/α,β-unsaturated/α-hetero) is 1. The van der Waals surface area contributed by atoms with Crippen LogP contribution in [-0.2, 0) is 0 Å². The van der Waals surface area contributed by atoms with Gasteiger partial charge in [0, 0.05) is 10.9 Å². The van der Waals surface area contributed by atoms with Gasteiger partial charge in [-0.2, -0.15) is 0 Å². The van der Waals surface area contributed by atoms with Gasteiger partial charge in [0.25, 0.3) is 0 Å². The van der Waals surface area contributed by atoms with Crippen molar-refractivity contribution in [1.82, 2.24) is 0 Å². The predicted molar refractivity (Wildman–Crippen MR) is 74.7 cm³/mol. The summed E-state index contributed by atoms with van der Waals surface area (Å²) in [5.74, 6) is 1.38. The van der Waals surface area contributed by atoms with Crippen LogP contribution in [-0.4, -0.2) is 5.78 Å². The molecule has 0 radical (unpaired) electrons. The molecule has 0 aliphatic heterocycles. The molecular weight excluding hydrogens is 291 g/mol.